The minimum Gasteiger partial charge on any atom is -0.354 e. The van der Waals surface area contributed by atoms with E-state index in [2.05, 4.69) is 17.1 Å². The summed E-state index contributed by atoms with van der Waals surface area (Å²) >= 11 is 6.21. The highest BCUT2D eigenvalue weighted by Gasteiger charge is 2.08. The first-order valence-corrected chi connectivity index (χ1v) is 6.18. The lowest BCUT2D eigenvalue weighted by Crippen LogP contribution is -2.18. The Morgan fingerprint density at radius 3 is 2.56 bits per heavy atom. The van der Waals surface area contributed by atoms with Gasteiger partial charge < -0.3 is 10.6 Å². The average Bonchev–Trinajstić information content (AvgIpc) is 2.39. The molecule has 0 aliphatic rings. The molecule has 3 nitrogen and oxygen atoms in total. The lowest BCUT2D eigenvalue weighted by atomic mass is 10.2. The zero-order valence-corrected chi connectivity index (χ0v) is 11.1. The maximum absolute atomic E-state index is 6.21. The molecule has 1 aromatic carbocycles. The number of nitrogens with zero attached hydrogens (tertiary/aromatic N) is 2. The summed E-state index contributed by atoms with van der Waals surface area (Å²) in [6.07, 6.45) is 1.77. The minimum absolute atomic E-state index is 0.454. The van der Waals surface area contributed by atoms with Gasteiger partial charge in [0.2, 0.25) is 0 Å². The van der Waals surface area contributed by atoms with Gasteiger partial charge in [0.15, 0.2) is 0 Å². The van der Waals surface area contributed by atoms with Crippen molar-refractivity contribution in [3.63, 3.8) is 0 Å². The van der Waals surface area contributed by atoms with Crippen LogP contribution < -0.4 is 10.6 Å². The highest BCUT2D eigenvalue weighted by molar-refractivity contribution is 6.33. The van der Waals surface area contributed by atoms with E-state index >= 15 is 0 Å². The fourth-order valence-corrected chi connectivity index (χ4v) is 2.13. The summed E-state index contributed by atoms with van der Waals surface area (Å²) in [4.78, 5) is 6.38. The number of pyridine rings is 1. The van der Waals surface area contributed by atoms with Crippen LogP contribution in [0.3, 0.4) is 0 Å². The summed E-state index contributed by atoms with van der Waals surface area (Å²) in [6.45, 7) is 1.23. The molecule has 0 saturated carbocycles. The molecule has 0 aliphatic heterocycles. The quantitative estimate of drug-likeness (QED) is 0.920. The number of anilines is 1. The van der Waals surface area contributed by atoms with Crippen LogP contribution in [-0.2, 0) is 13.1 Å². The smallest absolute Gasteiger partial charge is 0.147 e. The van der Waals surface area contributed by atoms with E-state index in [1.54, 1.807) is 6.20 Å². The first-order valence-electron chi connectivity index (χ1n) is 5.80. The molecule has 0 radical (unpaired) electrons. The summed E-state index contributed by atoms with van der Waals surface area (Å²) in [5.74, 6) is 0.776. The fourth-order valence-electron chi connectivity index (χ4n) is 1.79. The van der Waals surface area contributed by atoms with Gasteiger partial charge >= 0.3 is 0 Å². The van der Waals surface area contributed by atoms with Gasteiger partial charge in [0.05, 0.1) is 5.02 Å². The van der Waals surface area contributed by atoms with Crippen LogP contribution in [-0.4, -0.2) is 12.0 Å². The molecule has 0 fully saturated rings. The van der Waals surface area contributed by atoms with Crippen molar-refractivity contribution in [1.29, 1.82) is 0 Å². The zero-order valence-electron chi connectivity index (χ0n) is 10.3. The largest absolute Gasteiger partial charge is 0.354 e. The van der Waals surface area contributed by atoms with E-state index in [4.69, 9.17) is 17.3 Å². The van der Waals surface area contributed by atoms with E-state index in [1.807, 2.05) is 36.2 Å². The molecule has 2 rings (SSSR count). The molecule has 2 aromatic rings. The van der Waals surface area contributed by atoms with Gasteiger partial charge in [0.25, 0.3) is 0 Å². The molecule has 0 bridgehead atoms. The summed E-state index contributed by atoms with van der Waals surface area (Å²) in [5, 5.41) is 0.636. The van der Waals surface area contributed by atoms with Crippen LogP contribution in [0.25, 0.3) is 0 Å². The molecule has 18 heavy (non-hydrogen) atoms. The second kappa shape index (κ2) is 5.85. The van der Waals surface area contributed by atoms with Gasteiger partial charge in [-0.05, 0) is 17.2 Å². The first kappa shape index (κ1) is 12.9. The molecule has 0 unspecified atom stereocenters. The molecule has 1 aromatic heterocycles. The van der Waals surface area contributed by atoms with E-state index in [-0.39, 0.29) is 0 Å². The molecule has 0 amide bonds. The van der Waals surface area contributed by atoms with Crippen molar-refractivity contribution >= 4 is 17.4 Å². The van der Waals surface area contributed by atoms with Crippen molar-refractivity contribution in [2.45, 2.75) is 13.1 Å². The van der Waals surface area contributed by atoms with Crippen LogP contribution in [0, 0.1) is 0 Å². The molecular formula is C14H16ClN3. The third kappa shape index (κ3) is 3.00. The normalized spacial score (nSPS) is 10.4. The van der Waals surface area contributed by atoms with Gasteiger partial charge in [-0.2, -0.15) is 0 Å². The van der Waals surface area contributed by atoms with Gasteiger partial charge in [-0.1, -0.05) is 41.9 Å². The molecule has 0 saturated heterocycles. The summed E-state index contributed by atoms with van der Waals surface area (Å²) < 4.78 is 0. The predicted molar refractivity (Wildman–Crippen MR) is 75.7 cm³/mol. The van der Waals surface area contributed by atoms with Crippen LogP contribution in [0.5, 0.6) is 0 Å². The maximum Gasteiger partial charge on any atom is 0.147 e. The summed E-state index contributed by atoms with van der Waals surface area (Å²) in [6, 6.07) is 12.1. The van der Waals surface area contributed by atoms with Crippen LogP contribution in [0.2, 0.25) is 5.02 Å². The Kier molecular flexibility index (Phi) is 4.18. The van der Waals surface area contributed by atoms with Gasteiger partial charge in [0, 0.05) is 26.3 Å². The highest BCUT2D eigenvalue weighted by atomic mass is 35.5. The Bertz CT molecular complexity index is 514. The van der Waals surface area contributed by atoms with Crippen molar-refractivity contribution in [3.05, 3.63) is 58.7 Å². The summed E-state index contributed by atoms with van der Waals surface area (Å²) in [7, 11) is 1.98. The fraction of sp³-hybridized carbons (Fsp3) is 0.214. The molecule has 94 valence electrons. The first-order chi connectivity index (χ1) is 8.70. The van der Waals surface area contributed by atoms with E-state index in [9.17, 15) is 0 Å². The number of aromatic nitrogens is 1. The molecule has 4 heteroatoms. The monoisotopic (exact) mass is 261 g/mol. The molecule has 0 atom stereocenters. The minimum atomic E-state index is 0.454. The second-order valence-corrected chi connectivity index (χ2v) is 4.60. The SMILES string of the molecule is CN(Cc1ccccc1)c1ncc(CN)cc1Cl. The van der Waals surface area contributed by atoms with E-state index in [0.717, 1.165) is 17.9 Å². The highest BCUT2D eigenvalue weighted by Crippen LogP contribution is 2.24. The van der Waals surface area contributed by atoms with E-state index in [0.29, 0.717) is 11.6 Å². The number of hydrogen-bond acceptors (Lipinski definition) is 3. The average molecular weight is 262 g/mol. The number of nitrogens with two attached hydrogens (primary N) is 1. The van der Waals surface area contributed by atoms with Crippen molar-refractivity contribution in [1.82, 2.24) is 4.98 Å². The van der Waals surface area contributed by atoms with Crippen molar-refractivity contribution in [2.24, 2.45) is 5.73 Å². The number of hydrogen-bond donors (Lipinski definition) is 1. The number of benzene rings is 1. The van der Waals surface area contributed by atoms with Gasteiger partial charge in [-0.25, -0.2) is 4.98 Å². The van der Waals surface area contributed by atoms with Crippen LogP contribution in [0.1, 0.15) is 11.1 Å². The standard InChI is InChI=1S/C14H16ClN3/c1-18(10-11-5-3-2-4-6-11)14-13(15)7-12(8-16)9-17-14/h2-7,9H,8,10,16H2,1H3. The molecule has 0 spiro atoms. The van der Waals surface area contributed by atoms with Gasteiger partial charge in [-0.15, -0.1) is 0 Å². The van der Waals surface area contributed by atoms with E-state index in [1.165, 1.54) is 5.56 Å². The Balaban J connectivity index is 2.16. The lowest BCUT2D eigenvalue weighted by Gasteiger charge is -2.19. The number of halogens is 1. The lowest BCUT2D eigenvalue weighted by molar-refractivity contribution is 0.893. The van der Waals surface area contributed by atoms with Gasteiger partial charge in [-0.3, -0.25) is 0 Å². The third-order valence-corrected chi connectivity index (χ3v) is 3.02. The van der Waals surface area contributed by atoms with Crippen LogP contribution in [0.15, 0.2) is 42.6 Å². The second-order valence-electron chi connectivity index (χ2n) is 4.19. The molecule has 2 N–H and O–H groups in total. The molecular weight excluding hydrogens is 246 g/mol. The Hall–Kier alpha value is -1.58. The van der Waals surface area contributed by atoms with Crippen LogP contribution >= 0.6 is 11.6 Å². The zero-order chi connectivity index (χ0) is 13.0. The van der Waals surface area contributed by atoms with E-state index < -0.39 is 0 Å². The third-order valence-electron chi connectivity index (χ3n) is 2.74. The Morgan fingerprint density at radius 2 is 1.94 bits per heavy atom. The molecule has 1 heterocycles. The van der Waals surface area contributed by atoms with Crippen molar-refractivity contribution < 1.29 is 0 Å². The molecule has 0 aliphatic carbocycles. The predicted octanol–water partition coefficient (Wildman–Crippen LogP) is 2.83. The maximum atomic E-state index is 6.21. The topological polar surface area (TPSA) is 42.2 Å². The van der Waals surface area contributed by atoms with Crippen LogP contribution in [0.4, 0.5) is 5.82 Å². The van der Waals surface area contributed by atoms with Gasteiger partial charge in [0.1, 0.15) is 5.82 Å². The van der Waals surface area contributed by atoms with Crippen molar-refractivity contribution in [2.75, 3.05) is 11.9 Å². The van der Waals surface area contributed by atoms with Crippen molar-refractivity contribution in [3.8, 4) is 0 Å². The summed E-state index contributed by atoms with van der Waals surface area (Å²) in [5.41, 5.74) is 7.72. The number of rotatable bonds is 4. The Labute approximate surface area is 112 Å². The Morgan fingerprint density at radius 1 is 1.22 bits per heavy atom.